The quantitative estimate of drug-likeness (QED) is 0.622. The van der Waals surface area contributed by atoms with Gasteiger partial charge in [-0.2, -0.15) is 4.31 Å². The Balaban J connectivity index is 1.46. The summed E-state index contributed by atoms with van der Waals surface area (Å²) in [5, 5.41) is 13.9. The molecule has 1 aromatic heterocycles. The highest BCUT2D eigenvalue weighted by molar-refractivity contribution is 7.89. The second kappa shape index (κ2) is 8.50. The summed E-state index contributed by atoms with van der Waals surface area (Å²) in [6, 6.07) is 11.7. The van der Waals surface area contributed by atoms with Gasteiger partial charge in [0.05, 0.1) is 17.1 Å². The van der Waals surface area contributed by atoms with Gasteiger partial charge in [-0.3, -0.25) is 4.79 Å². The molecule has 0 bridgehead atoms. The number of aromatic nitrogens is 4. The van der Waals surface area contributed by atoms with Crippen molar-refractivity contribution >= 4 is 33.2 Å². The van der Waals surface area contributed by atoms with Crippen molar-refractivity contribution in [1.29, 1.82) is 0 Å². The van der Waals surface area contributed by atoms with E-state index in [1.807, 2.05) is 24.3 Å². The van der Waals surface area contributed by atoms with Crippen molar-refractivity contribution < 1.29 is 13.2 Å². The minimum atomic E-state index is -3.68. The molecule has 0 radical (unpaired) electrons. The Hall–Kier alpha value is -2.82. The van der Waals surface area contributed by atoms with Crippen LogP contribution in [-0.2, 0) is 21.2 Å². The fourth-order valence-electron chi connectivity index (χ4n) is 3.28. The maximum Gasteiger partial charge on any atom is 0.244 e. The van der Waals surface area contributed by atoms with Crippen molar-refractivity contribution in [3.63, 3.8) is 0 Å². The highest BCUT2D eigenvalue weighted by Crippen LogP contribution is 2.29. The molecule has 0 unspecified atom stereocenters. The maximum absolute atomic E-state index is 12.8. The summed E-state index contributed by atoms with van der Waals surface area (Å²) in [5.41, 5.74) is 1.95. The highest BCUT2D eigenvalue weighted by atomic mass is 35.5. The minimum Gasteiger partial charge on any atom is -0.326 e. The van der Waals surface area contributed by atoms with Gasteiger partial charge in [0, 0.05) is 18.8 Å². The molecule has 0 spiro atoms. The third-order valence-electron chi connectivity index (χ3n) is 4.81. The third kappa shape index (κ3) is 4.35. The molecule has 1 N–H and O–H groups in total. The van der Waals surface area contributed by atoms with E-state index in [4.69, 9.17) is 11.6 Å². The van der Waals surface area contributed by atoms with Crippen molar-refractivity contribution in [3.05, 3.63) is 59.4 Å². The SMILES string of the molecule is O=C(Cc1ccc(-n2cnnn2)cc1)Nc1ccc(Cl)c(S(=O)(=O)N2CCCC2)c1. The maximum atomic E-state index is 12.8. The van der Waals surface area contributed by atoms with Crippen LogP contribution in [0.25, 0.3) is 5.69 Å². The Morgan fingerprint density at radius 2 is 1.83 bits per heavy atom. The molecule has 156 valence electrons. The number of nitrogens with zero attached hydrogens (tertiary/aromatic N) is 5. The molecule has 0 aliphatic carbocycles. The molecule has 0 atom stereocenters. The highest BCUT2D eigenvalue weighted by Gasteiger charge is 2.29. The standard InChI is InChI=1S/C19H19ClN6O3S/c20-17-8-5-15(12-18(17)30(28,29)25-9-1-2-10-25)22-19(27)11-14-3-6-16(7-4-14)26-13-21-23-24-26/h3-8,12-13H,1-2,9-11H2,(H,22,27). The minimum absolute atomic E-state index is 0.00895. The number of anilines is 1. The van der Waals surface area contributed by atoms with Crippen LogP contribution < -0.4 is 5.32 Å². The average Bonchev–Trinajstić information content (AvgIpc) is 3.44. The summed E-state index contributed by atoms with van der Waals surface area (Å²) >= 11 is 6.15. The second-order valence-electron chi connectivity index (χ2n) is 6.90. The first kappa shape index (κ1) is 20.5. The zero-order valence-corrected chi connectivity index (χ0v) is 17.5. The van der Waals surface area contributed by atoms with Gasteiger partial charge in [-0.15, -0.1) is 5.10 Å². The summed E-state index contributed by atoms with van der Waals surface area (Å²) in [7, 11) is -3.68. The molecule has 30 heavy (non-hydrogen) atoms. The first-order valence-corrected chi connectivity index (χ1v) is 11.2. The van der Waals surface area contributed by atoms with Gasteiger partial charge in [-0.25, -0.2) is 13.1 Å². The monoisotopic (exact) mass is 446 g/mol. The Bertz CT molecular complexity index is 1140. The zero-order valence-electron chi connectivity index (χ0n) is 15.9. The number of halogens is 1. The third-order valence-corrected chi connectivity index (χ3v) is 7.19. The van der Waals surface area contributed by atoms with Crippen molar-refractivity contribution in [1.82, 2.24) is 24.5 Å². The van der Waals surface area contributed by atoms with E-state index in [0.717, 1.165) is 24.1 Å². The van der Waals surface area contributed by atoms with Crippen molar-refractivity contribution in [2.75, 3.05) is 18.4 Å². The van der Waals surface area contributed by atoms with E-state index in [1.54, 1.807) is 6.07 Å². The number of benzene rings is 2. The summed E-state index contributed by atoms with van der Waals surface area (Å²) < 4.78 is 28.6. The van der Waals surface area contributed by atoms with Crippen LogP contribution in [0.2, 0.25) is 5.02 Å². The number of hydrogen-bond acceptors (Lipinski definition) is 6. The molecule has 1 aliphatic heterocycles. The summed E-state index contributed by atoms with van der Waals surface area (Å²) in [6.45, 7) is 0.964. The number of nitrogens with one attached hydrogen (secondary N) is 1. The lowest BCUT2D eigenvalue weighted by Gasteiger charge is -2.17. The largest absolute Gasteiger partial charge is 0.326 e. The topological polar surface area (TPSA) is 110 Å². The molecule has 2 heterocycles. The normalized spacial score (nSPS) is 14.7. The van der Waals surface area contributed by atoms with E-state index in [-0.39, 0.29) is 22.2 Å². The van der Waals surface area contributed by atoms with Gasteiger partial charge in [-0.05, 0) is 59.2 Å². The molecule has 3 aromatic rings. The Kier molecular flexibility index (Phi) is 5.80. The average molecular weight is 447 g/mol. The van der Waals surface area contributed by atoms with Crippen LogP contribution >= 0.6 is 11.6 Å². The van der Waals surface area contributed by atoms with E-state index < -0.39 is 10.0 Å². The molecule has 1 aliphatic rings. The second-order valence-corrected chi connectivity index (χ2v) is 9.22. The van der Waals surface area contributed by atoms with Gasteiger partial charge >= 0.3 is 0 Å². The van der Waals surface area contributed by atoms with Crippen LogP contribution in [0.5, 0.6) is 0 Å². The van der Waals surface area contributed by atoms with Crippen LogP contribution in [0.3, 0.4) is 0 Å². The number of sulfonamides is 1. The molecular formula is C19H19ClN6O3S. The lowest BCUT2D eigenvalue weighted by Crippen LogP contribution is -2.28. The van der Waals surface area contributed by atoms with Gasteiger partial charge in [0.1, 0.15) is 11.2 Å². The van der Waals surface area contributed by atoms with Crippen LogP contribution in [0, 0.1) is 0 Å². The molecule has 4 rings (SSSR count). The summed E-state index contributed by atoms with van der Waals surface area (Å²) in [6.07, 6.45) is 3.28. The van der Waals surface area contributed by atoms with Crippen molar-refractivity contribution in [2.24, 2.45) is 0 Å². The lowest BCUT2D eigenvalue weighted by molar-refractivity contribution is -0.115. The van der Waals surface area contributed by atoms with E-state index in [0.29, 0.717) is 18.8 Å². The van der Waals surface area contributed by atoms with Gasteiger partial charge < -0.3 is 5.32 Å². The number of hydrogen-bond donors (Lipinski definition) is 1. The van der Waals surface area contributed by atoms with Gasteiger partial charge in [0.2, 0.25) is 15.9 Å². The number of tetrazole rings is 1. The summed E-state index contributed by atoms with van der Waals surface area (Å²) in [5.74, 6) is -0.267. The van der Waals surface area contributed by atoms with Crippen molar-refractivity contribution in [2.45, 2.75) is 24.2 Å². The summed E-state index contributed by atoms with van der Waals surface area (Å²) in [4.78, 5) is 12.5. The van der Waals surface area contributed by atoms with E-state index in [1.165, 1.54) is 27.4 Å². The van der Waals surface area contributed by atoms with Gasteiger partial charge in [-0.1, -0.05) is 23.7 Å². The van der Waals surface area contributed by atoms with Crippen LogP contribution in [0.1, 0.15) is 18.4 Å². The van der Waals surface area contributed by atoms with Crippen LogP contribution in [-0.4, -0.2) is 51.9 Å². The molecule has 1 amide bonds. The Labute approximate surface area is 178 Å². The fourth-order valence-corrected chi connectivity index (χ4v) is 5.30. The Morgan fingerprint density at radius 1 is 1.10 bits per heavy atom. The molecule has 0 saturated carbocycles. The van der Waals surface area contributed by atoms with Crippen LogP contribution in [0.4, 0.5) is 5.69 Å². The molecule has 1 saturated heterocycles. The lowest BCUT2D eigenvalue weighted by atomic mass is 10.1. The van der Waals surface area contributed by atoms with Crippen LogP contribution in [0.15, 0.2) is 53.7 Å². The molecule has 11 heteroatoms. The van der Waals surface area contributed by atoms with Crippen molar-refractivity contribution in [3.8, 4) is 5.69 Å². The first-order chi connectivity index (χ1) is 14.4. The smallest absolute Gasteiger partial charge is 0.244 e. The number of carbonyl (C=O) groups excluding carboxylic acids is 1. The number of amides is 1. The van der Waals surface area contributed by atoms with E-state index >= 15 is 0 Å². The van der Waals surface area contributed by atoms with Gasteiger partial charge in [0.25, 0.3) is 0 Å². The molecular weight excluding hydrogens is 428 g/mol. The van der Waals surface area contributed by atoms with E-state index in [9.17, 15) is 13.2 Å². The van der Waals surface area contributed by atoms with E-state index in [2.05, 4.69) is 20.8 Å². The van der Waals surface area contributed by atoms with Gasteiger partial charge in [0.15, 0.2) is 0 Å². The number of carbonyl (C=O) groups is 1. The predicted molar refractivity (Wildman–Crippen MR) is 111 cm³/mol. The Morgan fingerprint density at radius 3 is 2.50 bits per heavy atom. The molecule has 9 nitrogen and oxygen atoms in total. The fraction of sp³-hybridized carbons (Fsp3) is 0.263. The zero-order chi connectivity index (χ0) is 21.1. The first-order valence-electron chi connectivity index (χ1n) is 9.35. The number of rotatable bonds is 6. The predicted octanol–water partition coefficient (Wildman–Crippen LogP) is 2.28. The molecule has 1 fully saturated rings. The molecule has 2 aromatic carbocycles.